The maximum absolute atomic E-state index is 12.4. The van der Waals surface area contributed by atoms with Gasteiger partial charge in [0.25, 0.3) is 0 Å². The first-order valence-corrected chi connectivity index (χ1v) is 7.22. The number of carbonyl (C=O) groups excluding carboxylic acids is 2. The Hall–Kier alpha value is -2.08. The van der Waals surface area contributed by atoms with Crippen molar-refractivity contribution in [1.29, 1.82) is 0 Å². The second-order valence-electron chi connectivity index (χ2n) is 6.04. The molecule has 0 fully saturated rings. The molecule has 0 saturated heterocycles. The highest BCUT2D eigenvalue weighted by Gasteiger charge is 2.27. The molecule has 0 saturated carbocycles. The van der Waals surface area contributed by atoms with E-state index < -0.39 is 11.7 Å². The van der Waals surface area contributed by atoms with Crippen LogP contribution in [0.3, 0.4) is 0 Å². The lowest BCUT2D eigenvalue weighted by Crippen LogP contribution is -2.49. The van der Waals surface area contributed by atoms with Crippen molar-refractivity contribution in [3.8, 4) is 0 Å². The number of hydrogen-bond donors (Lipinski definition) is 1. The number of nitrogens with zero attached hydrogens (tertiary/aromatic N) is 2. The second-order valence-corrected chi connectivity index (χ2v) is 6.04. The molecule has 1 aromatic carbocycles. The number of hydrazine groups is 1. The summed E-state index contributed by atoms with van der Waals surface area (Å²) < 4.78 is 5.38. The summed E-state index contributed by atoms with van der Waals surface area (Å²) in [5.74, 6) is -0.267. The van der Waals surface area contributed by atoms with E-state index in [1.54, 1.807) is 32.9 Å². The molecule has 0 radical (unpaired) electrons. The molecule has 6 heteroatoms. The topological polar surface area (TPSA) is 75.9 Å². The van der Waals surface area contributed by atoms with Crippen LogP contribution in [0.4, 0.5) is 10.5 Å². The number of amides is 2. The Morgan fingerprint density at radius 2 is 1.73 bits per heavy atom. The average Bonchev–Trinajstić information content (AvgIpc) is 2.39. The molecule has 0 aliphatic heterocycles. The molecule has 0 aliphatic rings. The van der Waals surface area contributed by atoms with Crippen LogP contribution in [0.15, 0.2) is 24.3 Å². The van der Waals surface area contributed by atoms with Gasteiger partial charge in [0.2, 0.25) is 5.91 Å². The summed E-state index contributed by atoms with van der Waals surface area (Å²) in [4.78, 5) is 24.1. The van der Waals surface area contributed by atoms with Crippen molar-refractivity contribution in [3.05, 3.63) is 29.8 Å². The highest BCUT2D eigenvalue weighted by molar-refractivity contribution is 5.91. The van der Waals surface area contributed by atoms with E-state index in [9.17, 15) is 9.59 Å². The SMILES string of the molecule is CC(=O)N(C)N(C(=O)OC(C)(C)C)c1ccc(CCN)cc1. The van der Waals surface area contributed by atoms with Crippen LogP contribution in [-0.4, -0.2) is 36.2 Å². The van der Waals surface area contributed by atoms with Gasteiger partial charge in [0, 0.05) is 14.0 Å². The molecule has 2 N–H and O–H groups in total. The Kier molecular flexibility index (Phi) is 5.93. The van der Waals surface area contributed by atoms with Crippen LogP contribution in [-0.2, 0) is 16.0 Å². The van der Waals surface area contributed by atoms with Gasteiger partial charge in [-0.2, -0.15) is 5.01 Å². The summed E-state index contributed by atoms with van der Waals surface area (Å²) in [6, 6.07) is 7.31. The minimum absolute atomic E-state index is 0.267. The third-order valence-corrected chi connectivity index (χ3v) is 2.94. The first kappa shape index (κ1) is 18.0. The number of nitrogens with two attached hydrogens (primary N) is 1. The molecule has 1 aromatic rings. The van der Waals surface area contributed by atoms with Crippen molar-refractivity contribution >= 4 is 17.7 Å². The quantitative estimate of drug-likeness (QED) is 0.870. The Labute approximate surface area is 131 Å². The normalized spacial score (nSPS) is 11.0. The summed E-state index contributed by atoms with van der Waals surface area (Å²) in [5.41, 5.74) is 6.51. The first-order valence-electron chi connectivity index (χ1n) is 7.22. The maximum atomic E-state index is 12.4. The van der Waals surface area contributed by atoms with Gasteiger partial charge in [-0.25, -0.2) is 9.80 Å². The molecular weight excluding hydrogens is 282 g/mol. The molecule has 6 nitrogen and oxygen atoms in total. The van der Waals surface area contributed by atoms with E-state index in [4.69, 9.17) is 10.5 Å². The number of benzene rings is 1. The van der Waals surface area contributed by atoms with E-state index in [0.717, 1.165) is 12.0 Å². The van der Waals surface area contributed by atoms with Crippen LogP contribution < -0.4 is 10.7 Å². The molecule has 2 amide bonds. The summed E-state index contributed by atoms with van der Waals surface area (Å²) in [5, 5.41) is 2.45. The molecule has 0 heterocycles. The predicted octanol–water partition coefficient (Wildman–Crippen LogP) is 2.32. The third kappa shape index (κ3) is 5.04. The zero-order chi connectivity index (χ0) is 16.9. The number of rotatable bonds is 3. The van der Waals surface area contributed by atoms with Gasteiger partial charge < -0.3 is 10.5 Å². The number of carbonyl (C=O) groups is 2. The number of ether oxygens (including phenoxy) is 1. The second kappa shape index (κ2) is 7.26. The van der Waals surface area contributed by atoms with Crippen LogP contribution in [0.25, 0.3) is 0 Å². The van der Waals surface area contributed by atoms with Crippen molar-refractivity contribution in [2.24, 2.45) is 5.73 Å². The van der Waals surface area contributed by atoms with E-state index in [2.05, 4.69) is 0 Å². The van der Waals surface area contributed by atoms with Crippen LogP contribution >= 0.6 is 0 Å². The fraction of sp³-hybridized carbons (Fsp3) is 0.500. The lowest BCUT2D eigenvalue weighted by molar-refractivity contribution is -0.128. The highest BCUT2D eigenvalue weighted by atomic mass is 16.6. The smallest absolute Gasteiger partial charge is 0.434 e. The van der Waals surface area contributed by atoms with Crippen molar-refractivity contribution in [3.63, 3.8) is 0 Å². The highest BCUT2D eigenvalue weighted by Crippen LogP contribution is 2.21. The molecule has 0 bridgehead atoms. The lowest BCUT2D eigenvalue weighted by Gasteiger charge is -2.32. The van der Waals surface area contributed by atoms with Gasteiger partial charge in [0.1, 0.15) is 5.60 Å². The zero-order valence-electron chi connectivity index (χ0n) is 13.9. The van der Waals surface area contributed by atoms with Gasteiger partial charge in [-0.1, -0.05) is 12.1 Å². The average molecular weight is 307 g/mol. The monoisotopic (exact) mass is 307 g/mol. The Bertz CT molecular complexity index is 520. The van der Waals surface area contributed by atoms with Gasteiger partial charge in [0.15, 0.2) is 0 Å². The van der Waals surface area contributed by atoms with E-state index in [1.165, 1.54) is 24.0 Å². The molecule has 0 spiro atoms. The molecule has 22 heavy (non-hydrogen) atoms. The Morgan fingerprint density at radius 1 is 1.18 bits per heavy atom. The molecule has 0 aromatic heterocycles. The van der Waals surface area contributed by atoms with Crippen LogP contribution in [0.5, 0.6) is 0 Å². The minimum Gasteiger partial charge on any atom is -0.442 e. The number of hydrogen-bond acceptors (Lipinski definition) is 4. The van der Waals surface area contributed by atoms with Crippen LogP contribution in [0.1, 0.15) is 33.3 Å². The molecular formula is C16H25N3O3. The van der Waals surface area contributed by atoms with E-state index >= 15 is 0 Å². The largest absolute Gasteiger partial charge is 0.442 e. The molecule has 0 unspecified atom stereocenters. The zero-order valence-corrected chi connectivity index (χ0v) is 13.9. The minimum atomic E-state index is -0.646. The summed E-state index contributed by atoms with van der Waals surface area (Å²) in [6.07, 6.45) is 0.159. The molecule has 0 atom stereocenters. The van der Waals surface area contributed by atoms with Crippen molar-refractivity contribution in [2.75, 3.05) is 18.6 Å². The number of anilines is 1. The molecule has 122 valence electrons. The fourth-order valence-corrected chi connectivity index (χ4v) is 1.82. The third-order valence-electron chi connectivity index (χ3n) is 2.94. The van der Waals surface area contributed by atoms with E-state index in [1.807, 2.05) is 12.1 Å². The van der Waals surface area contributed by atoms with E-state index in [0.29, 0.717) is 12.2 Å². The summed E-state index contributed by atoms with van der Waals surface area (Å²) in [7, 11) is 1.53. The maximum Gasteiger partial charge on any atom is 0.434 e. The molecule has 1 rings (SSSR count). The predicted molar refractivity (Wildman–Crippen MR) is 86.4 cm³/mol. The Balaban J connectivity index is 3.09. The van der Waals surface area contributed by atoms with Gasteiger partial charge in [0.05, 0.1) is 5.69 Å². The van der Waals surface area contributed by atoms with Crippen molar-refractivity contribution in [2.45, 2.75) is 39.7 Å². The Morgan fingerprint density at radius 3 is 2.14 bits per heavy atom. The molecule has 0 aliphatic carbocycles. The summed E-state index contributed by atoms with van der Waals surface area (Å²) in [6.45, 7) is 7.28. The van der Waals surface area contributed by atoms with Crippen molar-refractivity contribution in [1.82, 2.24) is 5.01 Å². The van der Waals surface area contributed by atoms with Crippen LogP contribution in [0, 0.1) is 0 Å². The first-order chi connectivity index (χ1) is 10.2. The van der Waals surface area contributed by atoms with Gasteiger partial charge in [-0.15, -0.1) is 0 Å². The standard InChI is InChI=1S/C16H25N3O3/c1-12(20)18(5)19(15(21)22-16(2,3)4)14-8-6-13(7-9-14)10-11-17/h6-9H,10-11,17H2,1-5H3. The van der Waals surface area contributed by atoms with Gasteiger partial charge in [-0.3, -0.25) is 4.79 Å². The lowest BCUT2D eigenvalue weighted by atomic mass is 10.1. The fourth-order valence-electron chi connectivity index (χ4n) is 1.82. The van der Waals surface area contributed by atoms with Crippen LogP contribution in [0.2, 0.25) is 0 Å². The summed E-state index contributed by atoms with van der Waals surface area (Å²) >= 11 is 0. The van der Waals surface area contributed by atoms with E-state index in [-0.39, 0.29) is 5.91 Å². The van der Waals surface area contributed by atoms with Gasteiger partial charge >= 0.3 is 6.09 Å². The van der Waals surface area contributed by atoms with Crippen molar-refractivity contribution < 1.29 is 14.3 Å². The van der Waals surface area contributed by atoms with Gasteiger partial charge in [-0.05, 0) is 51.4 Å².